The molecule has 1 unspecified atom stereocenters. The molecule has 2 rings (SSSR count). The minimum atomic E-state index is 0.238. The van der Waals surface area contributed by atoms with Gasteiger partial charge in [0.25, 0.3) is 0 Å². The van der Waals surface area contributed by atoms with Crippen molar-refractivity contribution in [3.63, 3.8) is 0 Å². The summed E-state index contributed by atoms with van der Waals surface area (Å²) in [5, 5.41) is 3.87. The number of aryl methyl sites for hydroxylation is 2. The second-order valence-electron chi connectivity index (χ2n) is 5.95. The van der Waals surface area contributed by atoms with Gasteiger partial charge < -0.3 is 5.32 Å². The minimum Gasteiger partial charge on any atom is -0.307 e. The molecule has 0 saturated carbocycles. The van der Waals surface area contributed by atoms with Gasteiger partial charge in [0, 0.05) is 5.54 Å². The van der Waals surface area contributed by atoms with Crippen LogP contribution in [0.3, 0.4) is 0 Å². The Morgan fingerprint density at radius 1 is 1.06 bits per heavy atom. The first-order valence-electron chi connectivity index (χ1n) is 7.50. The molecule has 1 heteroatoms. The van der Waals surface area contributed by atoms with E-state index >= 15 is 0 Å². The lowest BCUT2D eigenvalue weighted by Gasteiger charge is -2.35. The Morgan fingerprint density at radius 2 is 1.78 bits per heavy atom. The summed E-state index contributed by atoms with van der Waals surface area (Å²) in [5.74, 6) is 0. The minimum absolute atomic E-state index is 0.238. The van der Waals surface area contributed by atoms with E-state index in [1.165, 1.54) is 61.8 Å². The standard InChI is InChI=1S/C17H27N/c1-4-8-17(9-6-5-7-10-18-17)16-12-14(2)11-15(3)13-16/h11-13,18H,4-10H2,1-3H3. The average Bonchev–Trinajstić information content (AvgIpc) is 2.55. The van der Waals surface area contributed by atoms with Crippen LogP contribution < -0.4 is 5.32 Å². The van der Waals surface area contributed by atoms with Crippen LogP contribution >= 0.6 is 0 Å². The molecule has 0 amide bonds. The van der Waals surface area contributed by atoms with Crippen molar-refractivity contribution in [1.82, 2.24) is 5.32 Å². The van der Waals surface area contributed by atoms with Crippen LogP contribution in [0, 0.1) is 13.8 Å². The molecule has 1 heterocycles. The molecule has 1 saturated heterocycles. The SMILES string of the molecule is CCCC1(c2cc(C)cc(C)c2)CCCCCN1. The molecule has 1 nitrogen and oxygen atoms in total. The maximum atomic E-state index is 3.87. The fourth-order valence-electron chi connectivity index (χ4n) is 3.43. The molecule has 0 aromatic heterocycles. The van der Waals surface area contributed by atoms with Crippen molar-refractivity contribution >= 4 is 0 Å². The van der Waals surface area contributed by atoms with Crippen LogP contribution in [0.5, 0.6) is 0 Å². The fraction of sp³-hybridized carbons (Fsp3) is 0.647. The molecule has 100 valence electrons. The van der Waals surface area contributed by atoms with Crippen LogP contribution in [0.1, 0.15) is 62.1 Å². The largest absolute Gasteiger partial charge is 0.307 e. The third-order valence-electron chi connectivity index (χ3n) is 4.19. The lowest BCUT2D eigenvalue weighted by atomic mass is 9.80. The van der Waals surface area contributed by atoms with Gasteiger partial charge in [0.15, 0.2) is 0 Å². The molecule has 1 aliphatic rings. The molecule has 1 aliphatic heterocycles. The van der Waals surface area contributed by atoms with E-state index in [4.69, 9.17) is 0 Å². The highest BCUT2D eigenvalue weighted by Crippen LogP contribution is 2.35. The van der Waals surface area contributed by atoms with Crippen molar-refractivity contribution in [2.45, 2.75) is 64.8 Å². The Labute approximate surface area is 112 Å². The van der Waals surface area contributed by atoms with Gasteiger partial charge in [0.2, 0.25) is 0 Å². The Kier molecular flexibility index (Phi) is 4.45. The molecule has 0 aliphatic carbocycles. The molecule has 1 atom stereocenters. The number of rotatable bonds is 3. The van der Waals surface area contributed by atoms with E-state index in [9.17, 15) is 0 Å². The van der Waals surface area contributed by atoms with Crippen molar-refractivity contribution in [3.8, 4) is 0 Å². The van der Waals surface area contributed by atoms with E-state index in [-0.39, 0.29) is 5.54 Å². The lowest BCUT2D eigenvalue weighted by molar-refractivity contribution is 0.297. The van der Waals surface area contributed by atoms with E-state index in [2.05, 4.69) is 44.3 Å². The second-order valence-corrected chi connectivity index (χ2v) is 5.95. The number of benzene rings is 1. The van der Waals surface area contributed by atoms with E-state index in [0.717, 1.165) is 0 Å². The maximum absolute atomic E-state index is 3.87. The highest BCUT2D eigenvalue weighted by Gasteiger charge is 2.31. The zero-order chi connectivity index (χ0) is 13.0. The molecule has 1 N–H and O–H groups in total. The van der Waals surface area contributed by atoms with Gasteiger partial charge >= 0.3 is 0 Å². The predicted molar refractivity (Wildman–Crippen MR) is 79.0 cm³/mol. The topological polar surface area (TPSA) is 12.0 Å². The van der Waals surface area contributed by atoms with Gasteiger partial charge in [0.05, 0.1) is 0 Å². The Balaban J connectivity index is 2.37. The molecule has 1 aromatic carbocycles. The summed E-state index contributed by atoms with van der Waals surface area (Å²) in [7, 11) is 0. The number of hydrogen-bond acceptors (Lipinski definition) is 1. The summed E-state index contributed by atoms with van der Waals surface area (Å²) in [6, 6.07) is 7.06. The molecule has 1 fully saturated rings. The maximum Gasteiger partial charge on any atom is 0.0434 e. The third-order valence-corrected chi connectivity index (χ3v) is 4.19. The normalized spacial score (nSPS) is 24.8. The van der Waals surface area contributed by atoms with Crippen LogP contribution in [-0.4, -0.2) is 6.54 Å². The summed E-state index contributed by atoms with van der Waals surface area (Å²) in [6.07, 6.45) is 7.87. The molecule has 0 bridgehead atoms. The van der Waals surface area contributed by atoms with Crippen molar-refractivity contribution in [2.24, 2.45) is 0 Å². The van der Waals surface area contributed by atoms with Gasteiger partial charge in [-0.15, -0.1) is 0 Å². The lowest BCUT2D eigenvalue weighted by Crippen LogP contribution is -2.41. The predicted octanol–water partition coefficient (Wildman–Crippen LogP) is 4.46. The van der Waals surface area contributed by atoms with Crippen LogP contribution in [-0.2, 0) is 5.54 Å². The van der Waals surface area contributed by atoms with E-state index < -0.39 is 0 Å². The Bertz CT molecular complexity index is 366. The van der Waals surface area contributed by atoms with Gasteiger partial charge in [-0.25, -0.2) is 0 Å². The fourth-order valence-corrected chi connectivity index (χ4v) is 3.43. The van der Waals surface area contributed by atoms with Gasteiger partial charge in [-0.2, -0.15) is 0 Å². The third kappa shape index (κ3) is 2.95. The van der Waals surface area contributed by atoms with Crippen molar-refractivity contribution < 1.29 is 0 Å². The van der Waals surface area contributed by atoms with Crippen molar-refractivity contribution in [2.75, 3.05) is 6.54 Å². The number of nitrogens with one attached hydrogen (secondary N) is 1. The van der Waals surface area contributed by atoms with E-state index in [1.54, 1.807) is 0 Å². The Morgan fingerprint density at radius 3 is 2.44 bits per heavy atom. The van der Waals surface area contributed by atoms with Gasteiger partial charge in [-0.1, -0.05) is 55.5 Å². The summed E-state index contributed by atoms with van der Waals surface area (Å²) in [6.45, 7) is 7.91. The summed E-state index contributed by atoms with van der Waals surface area (Å²) < 4.78 is 0. The molecule has 1 aromatic rings. The van der Waals surface area contributed by atoms with Crippen LogP contribution in [0.2, 0.25) is 0 Å². The highest BCUT2D eigenvalue weighted by molar-refractivity contribution is 5.34. The summed E-state index contributed by atoms with van der Waals surface area (Å²) in [5.41, 5.74) is 4.55. The van der Waals surface area contributed by atoms with Gasteiger partial charge in [0.1, 0.15) is 0 Å². The zero-order valence-electron chi connectivity index (χ0n) is 12.2. The molecule has 0 radical (unpaired) electrons. The van der Waals surface area contributed by atoms with Crippen molar-refractivity contribution in [1.29, 1.82) is 0 Å². The zero-order valence-corrected chi connectivity index (χ0v) is 12.2. The number of hydrogen-bond donors (Lipinski definition) is 1. The molecular weight excluding hydrogens is 218 g/mol. The highest BCUT2D eigenvalue weighted by atomic mass is 15.0. The summed E-state index contributed by atoms with van der Waals surface area (Å²) in [4.78, 5) is 0. The van der Waals surface area contributed by atoms with Crippen LogP contribution in [0.25, 0.3) is 0 Å². The van der Waals surface area contributed by atoms with Crippen molar-refractivity contribution in [3.05, 3.63) is 34.9 Å². The van der Waals surface area contributed by atoms with Gasteiger partial charge in [-0.05, 0) is 45.2 Å². The summed E-state index contributed by atoms with van der Waals surface area (Å²) >= 11 is 0. The monoisotopic (exact) mass is 245 g/mol. The smallest absolute Gasteiger partial charge is 0.0434 e. The first-order valence-corrected chi connectivity index (χ1v) is 7.50. The van der Waals surface area contributed by atoms with E-state index in [0.29, 0.717) is 0 Å². The van der Waals surface area contributed by atoms with Crippen LogP contribution in [0.15, 0.2) is 18.2 Å². The molecule has 0 spiro atoms. The molecule has 18 heavy (non-hydrogen) atoms. The second kappa shape index (κ2) is 5.88. The van der Waals surface area contributed by atoms with Gasteiger partial charge in [-0.3, -0.25) is 0 Å². The molecular formula is C17H27N. The quantitative estimate of drug-likeness (QED) is 0.829. The van der Waals surface area contributed by atoms with Crippen LogP contribution in [0.4, 0.5) is 0 Å². The first kappa shape index (κ1) is 13.6. The first-order chi connectivity index (χ1) is 8.66. The average molecular weight is 245 g/mol. The van der Waals surface area contributed by atoms with E-state index in [1.807, 2.05) is 0 Å². The Hall–Kier alpha value is -0.820.